The predicted molar refractivity (Wildman–Crippen MR) is 98.1 cm³/mol. The SMILES string of the molecule is O=C(Nc1ccccc1NCc1cnc(Cl)s1)c1cccnc1Cl. The van der Waals surface area contributed by atoms with Crippen molar-refractivity contribution >= 4 is 51.8 Å². The molecule has 0 saturated carbocycles. The topological polar surface area (TPSA) is 66.9 Å². The van der Waals surface area contributed by atoms with Crippen LogP contribution in [0.2, 0.25) is 9.62 Å². The van der Waals surface area contributed by atoms with Gasteiger partial charge < -0.3 is 10.6 Å². The molecule has 0 radical (unpaired) electrons. The second-order valence-electron chi connectivity index (χ2n) is 4.77. The summed E-state index contributed by atoms with van der Waals surface area (Å²) in [4.78, 5) is 21.3. The van der Waals surface area contributed by atoms with Crippen LogP contribution in [0.25, 0.3) is 0 Å². The highest BCUT2D eigenvalue weighted by Gasteiger charge is 2.12. The zero-order chi connectivity index (χ0) is 16.9. The van der Waals surface area contributed by atoms with Crippen LogP contribution in [-0.2, 0) is 6.54 Å². The molecule has 0 fully saturated rings. The van der Waals surface area contributed by atoms with Crippen LogP contribution in [0.1, 0.15) is 15.2 Å². The van der Waals surface area contributed by atoms with Crippen molar-refractivity contribution in [2.45, 2.75) is 6.54 Å². The van der Waals surface area contributed by atoms with E-state index in [0.717, 1.165) is 10.6 Å². The Morgan fingerprint density at radius 3 is 2.58 bits per heavy atom. The molecule has 2 heterocycles. The molecule has 1 aromatic carbocycles. The van der Waals surface area contributed by atoms with Crippen molar-refractivity contribution in [3.8, 4) is 0 Å². The van der Waals surface area contributed by atoms with Gasteiger partial charge in [0.15, 0.2) is 4.47 Å². The minimum atomic E-state index is -0.316. The van der Waals surface area contributed by atoms with Gasteiger partial charge >= 0.3 is 0 Å². The van der Waals surface area contributed by atoms with Gasteiger partial charge in [0.25, 0.3) is 5.91 Å². The maximum absolute atomic E-state index is 12.4. The van der Waals surface area contributed by atoms with Crippen molar-refractivity contribution in [3.63, 3.8) is 0 Å². The lowest BCUT2D eigenvalue weighted by Crippen LogP contribution is -2.14. The summed E-state index contributed by atoms with van der Waals surface area (Å²) >= 11 is 13.2. The van der Waals surface area contributed by atoms with Crippen molar-refractivity contribution < 1.29 is 4.79 Å². The molecule has 0 unspecified atom stereocenters. The molecule has 0 spiro atoms. The Morgan fingerprint density at radius 1 is 1.08 bits per heavy atom. The molecule has 24 heavy (non-hydrogen) atoms. The summed E-state index contributed by atoms with van der Waals surface area (Å²) in [7, 11) is 0. The van der Waals surface area contributed by atoms with E-state index in [1.807, 2.05) is 24.3 Å². The summed E-state index contributed by atoms with van der Waals surface area (Å²) in [5, 5.41) is 6.27. The number of hydrogen-bond acceptors (Lipinski definition) is 5. The average molecular weight is 379 g/mol. The van der Waals surface area contributed by atoms with Crippen molar-refractivity contribution in [3.05, 3.63) is 68.9 Å². The molecule has 8 heteroatoms. The molecule has 5 nitrogen and oxygen atoms in total. The predicted octanol–water partition coefficient (Wildman–Crippen LogP) is 4.71. The van der Waals surface area contributed by atoms with E-state index < -0.39 is 0 Å². The van der Waals surface area contributed by atoms with Crippen molar-refractivity contribution in [1.82, 2.24) is 9.97 Å². The summed E-state index contributed by atoms with van der Waals surface area (Å²) in [5.41, 5.74) is 1.76. The second kappa shape index (κ2) is 7.61. The molecule has 2 N–H and O–H groups in total. The van der Waals surface area contributed by atoms with Crippen molar-refractivity contribution in [1.29, 1.82) is 0 Å². The quantitative estimate of drug-likeness (QED) is 0.630. The molecular weight excluding hydrogens is 367 g/mol. The maximum atomic E-state index is 12.4. The van der Waals surface area contributed by atoms with Crippen LogP contribution < -0.4 is 10.6 Å². The standard InChI is InChI=1S/C16H12Cl2N4OS/c17-14-11(4-3-7-19-14)15(23)22-13-6-2-1-5-12(13)20-8-10-9-21-16(18)24-10/h1-7,9,20H,8H2,(H,22,23). The monoisotopic (exact) mass is 378 g/mol. The molecule has 0 atom stereocenters. The van der Waals surface area contributed by atoms with Crippen LogP contribution >= 0.6 is 34.5 Å². The largest absolute Gasteiger partial charge is 0.378 e. The molecule has 2 aromatic heterocycles. The van der Waals surface area contributed by atoms with E-state index in [1.54, 1.807) is 18.3 Å². The number of carbonyl (C=O) groups excluding carboxylic acids is 1. The number of nitrogens with one attached hydrogen (secondary N) is 2. The molecule has 0 aliphatic carbocycles. The second-order valence-corrected chi connectivity index (χ2v) is 6.83. The third-order valence-corrected chi connectivity index (χ3v) is 4.57. The fourth-order valence-electron chi connectivity index (χ4n) is 2.04. The minimum Gasteiger partial charge on any atom is -0.378 e. The Kier molecular flexibility index (Phi) is 5.30. The average Bonchev–Trinajstić information content (AvgIpc) is 3.00. The van der Waals surface area contributed by atoms with E-state index in [1.165, 1.54) is 17.5 Å². The number of pyridine rings is 1. The molecule has 122 valence electrons. The van der Waals surface area contributed by atoms with Crippen LogP contribution in [0.3, 0.4) is 0 Å². The van der Waals surface area contributed by atoms with E-state index in [9.17, 15) is 4.79 Å². The van der Waals surface area contributed by atoms with Gasteiger partial charge in [-0.25, -0.2) is 9.97 Å². The zero-order valence-corrected chi connectivity index (χ0v) is 14.6. The van der Waals surface area contributed by atoms with Crippen LogP contribution in [0.15, 0.2) is 48.8 Å². The van der Waals surface area contributed by atoms with Crippen LogP contribution in [-0.4, -0.2) is 15.9 Å². The van der Waals surface area contributed by atoms with Gasteiger partial charge in [0.2, 0.25) is 0 Å². The number of nitrogens with zero attached hydrogens (tertiary/aromatic N) is 2. The summed E-state index contributed by atoms with van der Waals surface area (Å²) in [6.07, 6.45) is 3.26. The number of para-hydroxylation sites is 2. The number of hydrogen-bond donors (Lipinski definition) is 2. The third-order valence-electron chi connectivity index (χ3n) is 3.16. The van der Waals surface area contributed by atoms with E-state index in [4.69, 9.17) is 23.2 Å². The van der Waals surface area contributed by atoms with E-state index in [2.05, 4.69) is 20.6 Å². The van der Waals surface area contributed by atoms with Crippen molar-refractivity contribution in [2.75, 3.05) is 10.6 Å². The molecule has 1 amide bonds. The van der Waals surface area contributed by atoms with Gasteiger partial charge in [-0.05, 0) is 24.3 Å². The number of carbonyl (C=O) groups is 1. The first kappa shape index (κ1) is 16.7. The molecule has 0 bridgehead atoms. The molecule has 3 rings (SSSR count). The number of thiazole rings is 1. The highest BCUT2D eigenvalue weighted by molar-refractivity contribution is 7.15. The number of anilines is 2. The summed E-state index contributed by atoms with van der Waals surface area (Å²) in [6.45, 7) is 0.560. The van der Waals surface area contributed by atoms with Gasteiger partial charge in [-0.3, -0.25) is 4.79 Å². The van der Waals surface area contributed by atoms with Crippen LogP contribution in [0, 0.1) is 0 Å². The fraction of sp³-hybridized carbons (Fsp3) is 0.0625. The first-order chi connectivity index (χ1) is 11.6. The highest BCUT2D eigenvalue weighted by atomic mass is 35.5. The summed E-state index contributed by atoms with van der Waals surface area (Å²) in [5.74, 6) is -0.316. The van der Waals surface area contributed by atoms with Crippen LogP contribution in [0.4, 0.5) is 11.4 Å². The van der Waals surface area contributed by atoms with Gasteiger partial charge in [-0.1, -0.05) is 35.3 Å². The Hall–Kier alpha value is -2.15. The number of benzene rings is 1. The maximum Gasteiger partial charge on any atom is 0.258 e. The Morgan fingerprint density at radius 2 is 1.88 bits per heavy atom. The third kappa shape index (κ3) is 4.03. The smallest absolute Gasteiger partial charge is 0.258 e. The van der Waals surface area contributed by atoms with E-state index in [-0.39, 0.29) is 11.1 Å². The van der Waals surface area contributed by atoms with Gasteiger partial charge in [-0.15, -0.1) is 11.3 Å². The fourth-order valence-corrected chi connectivity index (χ4v) is 3.16. The Balaban J connectivity index is 1.74. The Labute approximate surface area is 152 Å². The zero-order valence-electron chi connectivity index (χ0n) is 12.3. The number of amides is 1. The lowest BCUT2D eigenvalue weighted by Gasteiger charge is -2.12. The lowest BCUT2D eigenvalue weighted by atomic mass is 10.2. The molecule has 0 saturated heterocycles. The number of rotatable bonds is 5. The lowest BCUT2D eigenvalue weighted by molar-refractivity contribution is 0.102. The van der Waals surface area contributed by atoms with Gasteiger partial charge in [0, 0.05) is 17.3 Å². The summed E-state index contributed by atoms with van der Waals surface area (Å²) < 4.78 is 0.500. The Bertz CT molecular complexity index is 869. The summed E-state index contributed by atoms with van der Waals surface area (Å²) in [6, 6.07) is 10.7. The molecule has 0 aliphatic rings. The van der Waals surface area contributed by atoms with Gasteiger partial charge in [0.1, 0.15) is 5.15 Å². The molecule has 3 aromatic rings. The normalized spacial score (nSPS) is 10.4. The van der Waals surface area contributed by atoms with E-state index >= 15 is 0 Å². The number of aromatic nitrogens is 2. The molecule has 0 aliphatic heterocycles. The van der Waals surface area contributed by atoms with Gasteiger partial charge in [-0.2, -0.15) is 0 Å². The minimum absolute atomic E-state index is 0.166. The first-order valence-electron chi connectivity index (χ1n) is 6.98. The van der Waals surface area contributed by atoms with Crippen LogP contribution in [0.5, 0.6) is 0 Å². The van der Waals surface area contributed by atoms with Crippen molar-refractivity contribution in [2.24, 2.45) is 0 Å². The highest BCUT2D eigenvalue weighted by Crippen LogP contribution is 2.25. The first-order valence-corrected chi connectivity index (χ1v) is 8.55. The molecular formula is C16H12Cl2N4OS. The number of halogens is 2. The van der Waals surface area contributed by atoms with E-state index in [0.29, 0.717) is 22.3 Å². The van der Waals surface area contributed by atoms with Gasteiger partial charge in [0.05, 0.1) is 23.5 Å².